The van der Waals surface area contributed by atoms with Gasteiger partial charge in [-0.1, -0.05) is 0 Å². The zero-order valence-corrected chi connectivity index (χ0v) is 11.1. The van der Waals surface area contributed by atoms with Crippen LogP contribution in [0.15, 0.2) is 30.5 Å². The van der Waals surface area contributed by atoms with Crippen molar-refractivity contribution in [1.29, 1.82) is 0 Å². The molecule has 0 radical (unpaired) electrons. The summed E-state index contributed by atoms with van der Waals surface area (Å²) in [4.78, 5) is 7.57. The number of aromatic nitrogens is 2. The highest BCUT2D eigenvalue weighted by Gasteiger charge is 2.31. The number of imidazole rings is 1. The van der Waals surface area contributed by atoms with E-state index in [1.165, 1.54) is 12.1 Å². The first-order valence-electron chi connectivity index (χ1n) is 6.63. The fourth-order valence-electron chi connectivity index (χ4n) is 2.42. The van der Waals surface area contributed by atoms with Crippen LogP contribution in [0.1, 0.15) is 18.2 Å². The van der Waals surface area contributed by atoms with Gasteiger partial charge >= 0.3 is 6.36 Å². The minimum Gasteiger partial charge on any atom is -0.406 e. The van der Waals surface area contributed by atoms with E-state index in [0.29, 0.717) is 5.92 Å². The van der Waals surface area contributed by atoms with Crippen LogP contribution in [0.3, 0.4) is 0 Å². The number of alkyl halides is 3. The minimum atomic E-state index is -4.67. The topological polar surface area (TPSA) is 49.9 Å². The second kappa shape index (κ2) is 5.40. The van der Waals surface area contributed by atoms with Crippen molar-refractivity contribution < 1.29 is 17.9 Å². The Balaban J connectivity index is 1.74. The first-order valence-corrected chi connectivity index (χ1v) is 6.63. The van der Waals surface area contributed by atoms with E-state index in [9.17, 15) is 13.2 Å². The number of rotatable bonds is 3. The number of benzene rings is 1. The summed E-state index contributed by atoms with van der Waals surface area (Å²) in [7, 11) is 0. The van der Waals surface area contributed by atoms with Crippen LogP contribution in [0.4, 0.5) is 13.2 Å². The summed E-state index contributed by atoms with van der Waals surface area (Å²) < 4.78 is 40.1. The fraction of sp³-hybridized carbons (Fsp3) is 0.357. The Morgan fingerprint density at radius 1 is 1.19 bits per heavy atom. The summed E-state index contributed by atoms with van der Waals surface area (Å²) in [6.07, 6.45) is -1.93. The van der Waals surface area contributed by atoms with Gasteiger partial charge in [0.05, 0.1) is 11.9 Å². The summed E-state index contributed by atoms with van der Waals surface area (Å²) in [6, 6.07) is 5.73. The van der Waals surface area contributed by atoms with Crippen LogP contribution in [0.5, 0.6) is 5.75 Å². The van der Waals surface area contributed by atoms with Gasteiger partial charge in [0.1, 0.15) is 11.6 Å². The van der Waals surface area contributed by atoms with Crippen LogP contribution in [0, 0.1) is 0 Å². The average Bonchev–Trinajstić information content (AvgIpc) is 3.09. The predicted molar refractivity (Wildman–Crippen MR) is 70.9 cm³/mol. The highest BCUT2D eigenvalue weighted by Crippen LogP contribution is 2.27. The van der Waals surface area contributed by atoms with Gasteiger partial charge in [-0.15, -0.1) is 13.2 Å². The summed E-state index contributed by atoms with van der Waals surface area (Å²) in [5.74, 6) is 1.04. The van der Waals surface area contributed by atoms with E-state index in [0.717, 1.165) is 36.6 Å². The summed E-state index contributed by atoms with van der Waals surface area (Å²) in [5, 5.41) is 3.27. The standard InChI is InChI=1S/C14H14F3N3O/c15-14(16,17)21-11-3-1-9(2-4-11)12-8-19-13(20-12)10-5-6-18-7-10/h1-4,8,10,18H,5-7H2,(H,19,20). The van der Waals surface area contributed by atoms with Gasteiger partial charge in [-0.05, 0) is 42.8 Å². The smallest absolute Gasteiger partial charge is 0.406 e. The molecule has 1 saturated heterocycles. The Labute approximate surface area is 119 Å². The summed E-state index contributed by atoms with van der Waals surface area (Å²) >= 11 is 0. The summed E-state index contributed by atoms with van der Waals surface area (Å²) in [5.41, 5.74) is 1.56. The monoisotopic (exact) mass is 297 g/mol. The zero-order valence-electron chi connectivity index (χ0n) is 11.1. The number of halogens is 3. The quantitative estimate of drug-likeness (QED) is 0.915. The molecule has 0 amide bonds. The molecule has 1 aliphatic rings. The molecule has 1 aliphatic heterocycles. The molecular formula is C14H14F3N3O. The molecule has 2 aromatic rings. The molecule has 3 rings (SSSR count). The highest BCUT2D eigenvalue weighted by atomic mass is 19.4. The molecule has 4 nitrogen and oxygen atoms in total. The Hall–Kier alpha value is -2.02. The molecule has 1 aromatic heterocycles. The Bertz CT molecular complexity index is 601. The van der Waals surface area contributed by atoms with Crippen molar-refractivity contribution in [2.45, 2.75) is 18.7 Å². The normalized spacial score (nSPS) is 18.9. The van der Waals surface area contributed by atoms with Crippen molar-refractivity contribution >= 4 is 0 Å². The second-order valence-corrected chi connectivity index (χ2v) is 4.94. The molecule has 1 atom stereocenters. The van der Waals surface area contributed by atoms with Crippen LogP contribution in [-0.2, 0) is 0 Å². The minimum absolute atomic E-state index is 0.231. The number of nitrogens with one attached hydrogen (secondary N) is 2. The Morgan fingerprint density at radius 2 is 1.95 bits per heavy atom. The van der Waals surface area contributed by atoms with Crippen molar-refractivity contribution in [3.8, 4) is 17.0 Å². The Morgan fingerprint density at radius 3 is 2.57 bits per heavy atom. The zero-order chi connectivity index (χ0) is 14.9. The second-order valence-electron chi connectivity index (χ2n) is 4.94. The largest absolute Gasteiger partial charge is 0.573 e. The molecule has 2 N–H and O–H groups in total. The van der Waals surface area contributed by atoms with E-state index in [1.54, 1.807) is 18.3 Å². The van der Waals surface area contributed by atoms with Crippen molar-refractivity contribution in [3.63, 3.8) is 0 Å². The maximum Gasteiger partial charge on any atom is 0.573 e. The lowest BCUT2D eigenvalue weighted by atomic mass is 10.1. The summed E-state index contributed by atoms with van der Waals surface area (Å²) in [6.45, 7) is 1.87. The van der Waals surface area contributed by atoms with Crippen molar-refractivity contribution in [2.75, 3.05) is 13.1 Å². The van der Waals surface area contributed by atoms with E-state index in [1.807, 2.05) is 0 Å². The van der Waals surface area contributed by atoms with E-state index in [2.05, 4.69) is 20.0 Å². The molecule has 1 fully saturated rings. The third-order valence-electron chi connectivity index (χ3n) is 3.44. The number of nitrogens with zero attached hydrogens (tertiary/aromatic N) is 1. The lowest BCUT2D eigenvalue weighted by Gasteiger charge is -2.08. The molecule has 0 saturated carbocycles. The van der Waals surface area contributed by atoms with Gasteiger partial charge in [0.25, 0.3) is 0 Å². The lowest BCUT2D eigenvalue weighted by Crippen LogP contribution is -2.16. The number of hydrogen-bond donors (Lipinski definition) is 2. The first-order chi connectivity index (χ1) is 10.0. The van der Waals surface area contributed by atoms with Gasteiger partial charge in [-0.3, -0.25) is 0 Å². The third-order valence-corrected chi connectivity index (χ3v) is 3.44. The number of hydrogen-bond acceptors (Lipinski definition) is 3. The molecule has 21 heavy (non-hydrogen) atoms. The van der Waals surface area contributed by atoms with Crippen LogP contribution in [0.2, 0.25) is 0 Å². The van der Waals surface area contributed by atoms with Gasteiger partial charge in [0.2, 0.25) is 0 Å². The van der Waals surface area contributed by atoms with Crippen LogP contribution < -0.4 is 10.1 Å². The highest BCUT2D eigenvalue weighted by molar-refractivity contribution is 5.59. The third kappa shape index (κ3) is 3.36. The van der Waals surface area contributed by atoms with Gasteiger partial charge in [0, 0.05) is 12.5 Å². The average molecular weight is 297 g/mol. The number of ether oxygens (including phenoxy) is 1. The Kier molecular flexibility index (Phi) is 3.59. The molecule has 7 heteroatoms. The molecule has 0 bridgehead atoms. The molecular weight excluding hydrogens is 283 g/mol. The van der Waals surface area contributed by atoms with Crippen molar-refractivity contribution in [2.24, 2.45) is 0 Å². The van der Waals surface area contributed by atoms with Crippen LogP contribution >= 0.6 is 0 Å². The van der Waals surface area contributed by atoms with Crippen molar-refractivity contribution in [3.05, 3.63) is 36.3 Å². The molecule has 0 aliphatic carbocycles. The molecule has 1 aromatic carbocycles. The first kappa shape index (κ1) is 13.9. The van der Waals surface area contributed by atoms with E-state index in [4.69, 9.17) is 0 Å². The van der Waals surface area contributed by atoms with E-state index in [-0.39, 0.29) is 5.75 Å². The molecule has 1 unspecified atom stereocenters. The van der Waals surface area contributed by atoms with E-state index >= 15 is 0 Å². The van der Waals surface area contributed by atoms with Gasteiger partial charge in [0.15, 0.2) is 0 Å². The fourth-order valence-corrected chi connectivity index (χ4v) is 2.42. The maximum atomic E-state index is 12.1. The molecule has 0 spiro atoms. The SMILES string of the molecule is FC(F)(F)Oc1ccc(-c2cnc(C3CCNC3)[nH]2)cc1. The van der Waals surface area contributed by atoms with Crippen LogP contribution in [-0.4, -0.2) is 29.4 Å². The molecule has 112 valence electrons. The number of H-pyrrole nitrogens is 1. The van der Waals surface area contributed by atoms with Gasteiger partial charge in [-0.25, -0.2) is 4.98 Å². The molecule has 2 heterocycles. The lowest BCUT2D eigenvalue weighted by molar-refractivity contribution is -0.274. The maximum absolute atomic E-state index is 12.1. The van der Waals surface area contributed by atoms with Gasteiger partial charge < -0.3 is 15.0 Å². The number of aromatic amines is 1. The van der Waals surface area contributed by atoms with E-state index < -0.39 is 6.36 Å². The van der Waals surface area contributed by atoms with Crippen molar-refractivity contribution in [1.82, 2.24) is 15.3 Å². The van der Waals surface area contributed by atoms with Crippen LogP contribution in [0.25, 0.3) is 11.3 Å². The predicted octanol–water partition coefficient (Wildman–Crippen LogP) is 3.05. The van der Waals surface area contributed by atoms with Gasteiger partial charge in [-0.2, -0.15) is 0 Å².